The van der Waals surface area contributed by atoms with E-state index < -0.39 is 27.1 Å². The number of likely N-dealkylation sites (tertiary alicyclic amines) is 1. The number of carbonyl (C=O) groups is 1. The zero-order valence-corrected chi connectivity index (χ0v) is 17.4. The van der Waals surface area contributed by atoms with Gasteiger partial charge in [-0.25, -0.2) is 17.9 Å². The van der Waals surface area contributed by atoms with E-state index in [2.05, 4.69) is 4.72 Å². The quantitative estimate of drug-likeness (QED) is 0.526. The molecule has 0 spiro atoms. The summed E-state index contributed by atoms with van der Waals surface area (Å²) in [5, 5.41) is 0. The predicted molar refractivity (Wildman–Crippen MR) is 107 cm³/mol. The molecule has 0 amide bonds. The van der Waals surface area contributed by atoms with Crippen molar-refractivity contribution in [3.05, 3.63) is 26.4 Å². The zero-order valence-electron chi connectivity index (χ0n) is 16.6. The molecule has 0 radical (unpaired) electrons. The second kappa shape index (κ2) is 9.01. The summed E-state index contributed by atoms with van der Waals surface area (Å²) >= 11 is 0. The zero-order chi connectivity index (χ0) is 21.1. The van der Waals surface area contributed by atoms with Crippen LogP contribution in [0.5, 0.6) is 0 Å². The van der Waals surface area contributed by atoms with Crippen LogP contribution in [0.3, 0.4) is 0 Å². The van der Waals surface area contributed by atoms with Crippen LogP contribution in [0.2, 0.25) is 0 Å². The lowest BCUT2D eigenvalue weighted by atomic mass is 10.0. The average Bonchev–Trinajstić information content (AvgIpc) is 2.62. The van der Waals surface area contributed by atoms with Crippen LogP contribution in [0.1, 0.15) is 43.0 Å². The van der Waals surface area contributed by atoms with E-state index in [0.717, 1.165) is 30.1 Å². The van der Waals surface area contributed by atoms with Crippen LogP contribution in [0, 0.1) is 0 Å². The van der Waals surface area contributed by atoms with Crippen LogP contribution in [0.25, 0.3) is 0 Å². The first-order valence-corrected chi connectivity index (χ1v) is 11.3. The van der Waals surface area contributed by atoms with Gasteiger partial charge in [0.05, 0.1) is 12.8 Å². The number of sulfonamides is 1. The number of piperidine rings is 1. The van der Waals surface area contributed by atoms with Crippen LogP contribution < -0.4 is 21.7 Å². The van der Waals surface area contributed by atoms with Crippen molar-refractivity contribution in [1.29, 1.82) is 0 Å². The molecule has 0 unspecified atom stereocenters. The molecule has 1 aromatic rings. The molecule has 3 N–H and O–H groups in total. The van der Waals surface area contributed by atoms with E-state index in [4.69, 9.17) is 5.73 Å². The molecule has 1 aliphatic heterocycles. The van der Waals surface area contributed by atoms with Gasteiger partial charge < -0.3 is 5.73 Å². The lowest BCUT2D eigenvalue weighted by Crippen LogP contribution is -2.49. The van der Waals surface area contributed by atoms with E-state index >= 15 is 0 Å². The Hall–Kier alpha value is -1.98. The number of carbonyl (C=O) groups excluding carboxylic acids is 1. The Morgan fingerprint density at radius 1 is 1.29 bits per heavy atom. The predicted octanol–water partition coefficient (Wildman–Crippen LogP) is -0.874. The summed E-state index contributed by atoms with van der Waals surface area (Å²) in [5.74, 6) is -0.572. The standard InChI is InChI=1S/C17H29N5O5S/c1-4-8-22-15(18)14(16(24)20(2)17(22)25)13(23)11-21-9-6-5-7-12(21)10-19-28(3,26)27/h12,19H,4-11,18H2,1-3H3/t12-/m0/s1. The highest BCUT2D eigenvalue weighted by Crippen LogP contribution is 2.18. The van der Waals surface area contributed by atoms with Gasteiger partial charge in [0, 0.05) is 26.2 Å². The summed E-state index contributed by atoms with van der Waals surface area (Å²) in [5.41, 5.74) is 4.58. The van der Waals surface area contributed by atoms with Crippen molar-refractivity contribution in [2.45, 2.75) is 45.2 Å². The monoisotopic (exact) mass is 415 g/mol. The summed E-state index contributed by atoms with van der Waals surface area (Å²) in [6.07, 6.45) is 4.28. The second-order valence-corrected chi connectivity index (χ2v) is 9.06. The van der Waals surface area contributed by atoms with Crippen molar-refractivity contribution in [2.24, 2.45) is 7.05 Å². The number of ketones is 1. The van der Waals surface area contributed by atoms with Crippen molar-refractivity contribution in [3.8, 4) is 0 Å². The van der Waals surface area contributed by atoms with Crippen LogP contribution in [0.4, 0.5) is 5.82 Å². The molecule has 2 heterocycles. The van der Waals surface area contributed by atoms with E-state index in [1.165, 1.54) is 11.6 Å². The first-order valence-electron chi connectivity index (χ1n) is 9.38. The smallest absolute Gasteiger partial charge is 0.332 e. The van der Waals surface area contributed by atoms with E-state index in [9.17, 15) is 22.8 Å². The van der Waals surface area contributed by atoms with Crippen LogP contribution >= 0.6 is 0 Å². The van der Waals surface area contributed by atoms with Gasteiger partial charge in [-0.3, -0.25) is 23.6 Å². The first kappa shape index (κ1) is 22.3. The third kappa shape index (κ3) is 5.09. The molecule has 1 fully saturated rings. The first-order chi connectivity index (χ1) is 13.1. The molecule has 1 saturated heterocycles. The number of nitrogens with zero attached hydrogens (tertiary/aromatic N) is 3. The Morgan fingerprint density at radius 2 is 1.96 bits per heavy atom. The Morgan fingerprint density at radius 3 is 2.57 bits per heavy atom. The lowest BCUT2D eigenvalue weighted by Gasteiger charge is -2.35. The van der Waals surface area contributed by atoms with E-state index in [0.29, 0.717) is 19.5 Å². The van der Waals surface area contributed by atoms with E-state index in [-0.39, 0.29) is 30.5 Å². The molecule has 0 saturated carbocycles. The molecular weight excluding hydrogens is 386 g/mol. The maximum atomic E-state index is 12.9. The van der Waals surface area contributed by atoms with Gasteiger partial charge in [0.15, 0.2) is 5.78 Å². The Balaban J connectivity index is 2.30. The SMILES string of the molecule is CCCn1c(N)c(C(=O)CN2CCCC[C@H]2CNS(C)(=O)=O)c(=O)n(C)c1=O. The third-order valence-corrected chi connectivity index (χ3v) is 5.68. The highest BCUT2D eigenvalue weighted by Gasteiger charge is 2.28. The minimum Gasteiger partial charge on any atom is -0.384 e. The highest BCUT2D eigenvalue weighted by atomic mass is 32.2. The number of Topliss-reactive ketones (excluding diaryl/α,β-unsaturated/α-hetero) is 1. The number of rotatable bonds is 8. The van der Waals surface area contributed by atoms with Gasteiger partial charge in [0.1, 0.15) is 11.4 Å². The number of aromatic nitrogens is 2. The van der Waals surface area contributed by atoms with Crippen molar-refractivity contribution in [1.82, 2.24) is 18.8 Å². The van der Waals surface area contributed by atoms with Gasteiger partial charge in [-0.1, -0.05) is 13.3 Å². The Labute approximate surface area is 164 Å². The van der Waals surface area contributed by atoms with E-state index in [1.54, 1.807) is 0 Å². The molecule has 0 aromatic carbocycles. The molecular formula is C17H29N5O5S. The fraction of sp³-hybridized carbons (Fsp3) is 0.706. The van der Waals surface area contributed by atoms with Gasteiger partial charge in [0.2, 0.25) is 10.0 Å². The number of nitrogens with two attached hydrogens (primary N) is 1. The summed E-state index contributed by atoms with van der Waals surface area (Å²) in [6, 6.07) is -0.140. The van der Waals surface area contributed by atoms with Gasteiger partial charge in [-0.05, 0) is 25.8 Å². The minimum absolute atomic E-state index is 0.0557. The van der Waals surface area contributed by atoms with Crippen LogP contribution in [0.15, 0.2) is 9.59 Å². The minimum atomic E-state index is -3.34. The van der Waals surface area contributed by atoms with Crippen molar-refractivity contribution < 1.29 is 13.2 Å². The number of anilines is 1. The number of hydrogen-bond donors (Lipinski definition) is 2. The van der Waals surface area contributed by atoms with Crippen molar-refractivity contribution >= 4 is 21.6 Å². The number of nitrogen functional groups attached to an aromatic ring is 1. The normalized spacial score (nSPS) is 18.3. The Bertz CT molecular complexity index is 950. The van der Waals surface area contributed by atoms with Gasteiger partial charge in [-0.15, -0.1) is 0 Å². The van der Waals surface area contributed by atoms with Crippen molar-refractivity contribution in [3.63, 3.8) is 0 Å². The van der Waals surface area contributed by atoms with Crippen molar-refractivity contribution in [2.75, 3.05) is 31.6 Å². The van der Waals surface area contributed by atoms with E-state index in [1.807, 2.05) is 11.8 Å². The maximum Gasteiger partial charge on any atom is 0.332 e. The molecule has 28 heavy (non-hydrogen) atoms. The topological polar surface area (TPSA) is 136 Å². The molecule has 1 aromatic heterocycles. The lowest BCUT2D eigenvalue weighted by molar-refractivity contribution is 0.0846. The molecule has 11 heteroatoms. The highest BCUT2D eigenvalue weighted by molar-refractivity contribution is 7.88. The fourth-order valence-corrected chi connectivity index (χ4v) is 3.99. The van der Waals surface area contributed by atoms with Gasteiger partial charge in [-0.2, -0.15) is 0 Å². The van der Waals surface area contributed by atoms with Crippen LogP contribution in [-0.4, -0.2) is 60.2 Å². The summed E-state index contributed by atoms with van der Waals surface area (Å²) in [7, 11) is -2.01. The van der Waals surface area contributed by atoms with Crippen LogP contribution in [-0.2, 0) is 23.6 Å². The summed E-state index contributed by atoms with van der Waals surface area (Å²) in [6.45, 7) is 2.95. The third-order valence-electron chi connectivity index (χ3n) is 4.99. The maximum absolute atomic E-state index is 12.9. The molecule has 1 atom stereocenters. The Kier molecular flexibility index (Phi) is 7.18. The number of hydrogen-bond acceptors (Lipinski definition) is 7. The molecule has 0 aliphatic carbocycles. The summed E-state index contributed by atoms with van der Waals surface area (Å²) in [4.78, 5) is 39.6. The number of nitrogens with one attached hydrogen (secondary N) is 1. The largest absolute Gasteiger partial charge is 0.384 e. The van der Waals surface area contributed by atoms with Gasteiger partial charge in [0.25, 0.3) is 5.56 Å². The fourth-order valence-electron chi connectivity index (χ4n) is 3.50. The molecule has 158 valence electrons. The molecule has 10 nitrogen and oxygen atoms in total. The average molecular weight is 416 g/mol. The van der Waals surface area contributed by atoms with Gasteiger partial charge >= 0.3 is 5.69 Å². The second-order valence-electron chi connectivity index (χ2n) is 7.22. The molecule has 1 aliphatic rings. The summed E-state index contributed by atoms with van der Waals surface area (Å²) < 4.78 is 27.4. The molecule has 2 rings (SSSR count). The molecule has 0 bridgehead atoms.